The Bertz CT molecular complexity index is 860. The molecule has 0 bridgehead atoms. The number of para-hydroxylation sites is 1. The van der Waals surface area contributed by atoms with E-state index in [1.807, 2.05) is 12.1 Å². The zero-order chi connectivity index (χ0) is 14.8. The summed E-state index contributed by atoms with van der Waals surface area (Å²) in [5.74, 6) is -1.01. The van der Waals surface area contributed by atoms with Crippen LogP contribution in [0.5, 0.6) is 0 Å². The van der Waals surface area contributed by atoms with Crippen molar-refractivity contribution in [3.8, 4) is 6.07 Å². The van der Waals surface area contributed by atoms with E-state index in [1.54, 1.807) is 28.9 Å². The Morgan fingerprint density at radius 1 is 1.24 bits per heavy atom. The molecule has 3 rings (SSSR count). The number of rotatable bonds is 3. The topological polar surface area (TPSA) is 91.8 Å². The van der Waals surface area contributed by atoms with E-state index >= 15 is 0 Å². The summed E-state index contributed by atoms with van der Waals surface area (Å²) < 4.78 is 1.56. The number of fused-ring (bicyclic) bond motifs is 1. The van der Waals surface area contributed by atoms with Crippen LogP contribution in [0.1, 0.15) is 21.5 Å². The largest absolute Gasteiger partial charge is 0.478 e. The first-order chi connectivity index (χ1) is 10.2. The van der Waals surface area contributed by atoms with Gasteiger partial charge in [-0.2, -0.15) is 5.26 Å². The van der Waals surface area contributed by atoms with Gasteiger partial charge in [-0.1, -0.05) is 23.4 Å². The molecule has 102 valence electrons. The number of hydrogen-bond donors (Lipinski definition) is 1. The molecular formula is C15H10N4O2. The molecule has 0 amide bonds. The second-order valence-corrected chi connectivity index (χ2v) is 4.53. The summed E-state index contributed by atoms with van der Waals surface area (Å²) in [5, 5.41) is 26.0. The molecule has 21 heavy (non-hydrogen) atoms. The van der Waals surface area contributed by atoms with Gasteiger partial charge < -0.3 is 5.11 Å². The van der Waals surface area contributed by atoms with Gasteiger partial charge in [0.2, 0.25) is 0 Å². The second-order valence-electron chi connectivity index (χ2n) is 4.53. The Kier molecular flexibility index (Phi) is 3.09. The highest BCUT2D eigenvalue weighted by Crippen LogP contribution is 2.18. The summed E-state index contributed by atoms with van der Waals surface area (Å²) in [7, 11) is 0. The second kappa shape index (κ2) is 5.06. The fourth-order valence-corrected chi connectivity index (χ4v) is 2.17. The Morgan fingerprint density at radius 2 is 2.00 bits per heavy atom. The Labute approximate surface area is 119 Å². The van der Waals surface area contributed by atoms with Crippen LogP contribution in [-0.4, -0.2) is 26.1 Å². The first-order valence-corrected chi connectivity index (χ1v) is 6.23. The highest BCUT2D eigenvalue weighted by molar-refractivity contribution is 6.00. The molecule has 6 heteroatoms. The van der Waals surface area contributed by atoms with Gasteiger partial charge in [0.25, 0.3) is 0 Å². The molecule has 2 aromatic carbocycles. The van der Waals surface area contributed by atoms with Crippen LogP contribution in [0.3, 0.4) is 0 Å². The van der Waals surface area contributed by atoms with Gasteiger partial charge in [0.05, 0.1) is 23.7 Å². The van der Waals surface area contributed by atoms with Crippen molar-refractivity contribution in [1.82, 2.24) is 15.0 Å². The lowest BCUT2D eigenvalue weighted by molar-refractivity contribution is 0.0698. The van der Waals surface area contributed by atoms with E-state index in [0.29, 0.717) is 23.1 Å². The van der Waals surface area contributed by atoms with Crippen LogP contribution in [0.2, 0.25) is 0 Å². The number of hydrogen-bond acceptors (Lipinski definition) is 4. The van der Waals surface area contributed by atoms with Crippen LogP contribution in [-0.2, 0) is 6.54 Å². The number of benzene rings is 2. The van der Waals surface area contributed by atoms with Crippen molar-refractivity contribution >= 4 is 17.0 Å². The number of carboxylic acid groups (broad SMARTS) is 1. The van der Waals surface area contributed by atoms with E-state index in [-0.39, 0.29) is 5.56 Å². The predicted molar refractivity (Wildman–Crippen MR) is 74.7 cm³/mol. The lowest BCUT2D eigenvalue weighted by Crippen LogP contribution is -2.06. The molecule has 0 saturated heterocycles. The molecule has 0 unspecified atom stereocenters. The normalized spacial score (nSPS) is 10.4. The third kappa shape index (κ3) is 2.32. The number of nitrogens with zero attached hydrogens (tertiary/aromatic N) is 4. The first kappa shape index (κ1) is 12.8. The van der Waals surface area contributed by atoms with E-state index in [0.717, 1.165) is 5.56 Å². The van der Waals surface area contributed by atoms with E-state index in [1.165, 1.54) is 6.07 Å². The highest BCUT2D eigenvalue weighted by Gasteiger charge is 2.14. The van der Waals surface area contributed by atoms with Crippen LogP contribution in [0.4, 0.5) is 0 Å². The zero-order valence-corrected chi connectivity index (χ0v) is 10.9. The number of nitriles is 1. The van der Waals surface area contributed by atoms with Crippen LogP contribution in [0.15, 0.2) is 42.5 Å². The maximum atomic E-state index is 11.3. The summed E-state index contributed by atoms with van der Waals surface area (Å²) in [6.07, 6.45) is 0. The lowest BCUT2D eigenvalue weighted by atomic mass is 10.1. The number of aromatic nitrogens is 3. The fraction of sp³-hybridized carbons (Fsp3) is 0.0667. The minimum atomic E-state index is -1.01. The molecule has 0 spiro atoms. The summed E-state index contributed by atoms with van der Waals surface area (Å²) in [4.78, 5) is 11.3. The van der Waals surface area contributed by atoms with E-state index < -0.39 is 5.97 Å². The average Bonchev–Trinajstić information content (AvgIpc) is 2.91. The average molecular weight is 278 g/mol. The molecule has 0 aliphatic carbocycles. The van der Waals surface area contributed by atoms with Crippen molar-refractivity contribution < 1.29 is 9.90 Å². The monoisotopic (exact) mass is 278 g/mol. The number of carbonyl (C=O) groups is 1. The molecule has 1 heterocycles. The molecule has 0 saturated carbocycles. The van der Waals surface area contributed by atoms with Crippen molar-refractivity contribution in [2.75, 3.05) is 0 Å². The Hall–Kier alpha value is -3.20. The molecule has 3 aromatic rings. The summed E-state index contributed by atoms with van der Waals surface area (Å²) in [6.45, 7) is 0.395. The number of aromatic carboxylic acids is 1. The summed E-state index contributed by atoms with van der Waals surface area (Å²) >= 11 is 0. The van der Waals surface area contributed by atoms with Crippen LogP contribution >= 0.6 is 0 Å². The molecule has 1 N–H and O–H groups in total. The van der Waals surface area contributed by atoms with Crippen molar-refractivity contribution in [3.63, 3.8) is 0 Å². The van der Waals surface area contributed by atoms with E-state index in [2.05, 4.69) is 16.4 Å². The van der Waals surface area contributed by atoms with Crippen molar-refractivity contribution in [2.45, 2.75) is 6.54 Å². The quantitative estimate of drug-likeness (QED) is 0.791. The molecule has 0 aliphatic rings. The predicted octanol–water partition coefficient (Wildman–Crippen LogP) is 2.05. The van der Waals surface area contributed by atoms with E-state index in [4.69, 9.17) is 5.26 Å². The first-order valence-electron chi connectivity index (χ1n) is 6.23. The highest BCUT2D eigenvalue weighted by atomic mass is 16.4. The molecule has 0 radical (unpaired) electrons. The fourth-order valence-electron chi connectivity index (χ4n) is 2.17. The van der Waals surface area contributed by atoms with Crippen LogP contribution in [0.25, 0.3) is 11.0 Å². The molecular weight excluding hydrogens is 268 g/mol. The molecule has 0 fully saturated rings. The van der Waals surface area contributed by atoms with Gasteiger partial charge in [-0.15, -0.1) is 5.10 Å². The molecule has 1 aromatic heterocycles. The third-order valence-corrected chi connectivity index (χ3v) is 3.18. The zero-order valence-electron chi connectivity index (χ0n) is 10.9. The standard InChI is InChI=1S/C15H10N4O2/c16-8-10-4-6-11(7-5-10)9-19-14-12(15(20)21)2-1-3-13(14)17-18-19/h1-7H,9H2,(H,20,21). The SMILES string of the molecule is N#Cc1ccc(Cn2nnc3cccc(C(=O)O)c32)cc1. The van der Waals surface area contributed by atoms with Crippen molar-refractivity contribution in [3.05, 3.63) is 59.2 Å². The van der Waals surface area contributed by atoms with Gasteiger partial charge >= 0.3 is 5.97 Å². The van der Waals surface area contributed by atoms with Gasteiger partial charge in [0.1, 0.15) is 11.0 Å². The third-order valence-electron chi connectivity index (χ3n) is 3.18. The smallest absolute Gasteiger partial charge is 0.337 e. The van der Waals surface area contributed by atoms with Gasteiger partial charge in [-0.25, -0.2) is 9.48 Å². The van der Waals surface area contributed by atoms with Crippen LogP contribution in [0, 0.1) is 11.3 Å². The van der Waals surface area contributed by atoms with Crippen molar-refractivity contribution in [2.24, 2.45) is 0 Å². The molecule has 0 atom stereocenters. The molecule has 6 nitrogen and oxygen atoms in total. The molecule has 0 aliphatic heterocycles. The van der Waals surface area contributed by atoms with Gasteiger partial charge in [-0.05, 0) is 29.8 Å². The van der Waals surface area contributed by atoms with Crippen LogP contribution < -0.4 is 0 Å². The minimum absolute atomic E-state index is 0.172. The number of carboxylic acids is 1. The lowest BCUT2D eigenvalue weighted by Gasteiger charge is -2.05. The Morgan fingerprint density at radius 3 is 2.67 bits per heavy atom. The van der Waals surface area contributed by atoms with Gasteiger partial charge in [0.15, 0.2) is 0 Å². The summed E-state index contributed by atoms with van der Waals surface area (Å²) in [5.41, 5.74) is 2.71. The minimum Gasteiger partial charge on any atom is -0.478 e. The maximum absolute atomic E-state index is 11.3. The van der Waals surface area contributed by atoms with Crippen molar-refractivity contribution in [1.29, 1.82) is 5.26 Å². The Balaban J connectivity index is 2.04. The van der Waals surface area contributed by atoms with Gasteiger partial charge in [0, 0.05) is 0 Å². The summed E-state index contributed by atoms with van der Waals surface area (Å²) in [6, 6.07) is 14.0. The van der Waals surface area contributed by atoms with Gasteiger partial charge in [-0.3, -0.25) is 0 Å². The van der Waals surface area contributed by atoms with E-state index in [9.17, 15) is 9.90 Å². The maximum Gasteiger partial charge on any atom is 0.337 e.